The van der Waals surface area contributed by atoms with Crippen molar-refractivity contribution in [2.45, 2.75) is 18.9 Å². The number of nitrogens with zero attached hydrogens (tertiary/aromatic N) is 3. The molecule has 7 heteroatoms. The van der Waals surface area contributed by atoms with Crippen LogP contribution in [-0.4, -0.2) is 39.1 Å². The molecule has 126 valence electrons. The van der Waals surface area contributed by atoms with Crippen LogP contribution in [0.4, 0.5) is 14.9 Å². The highest BCUT2D eigenvalue weighted by Crippen LogP contribution is 2.29. The van der Waals surface area contributed by atoms with Gasteiger partial charge in [0.05, 0.1) is 29.9 Å². The maximum Gasteiger partial charge on any atom is 0.321 e. The van der Waals surface area contributed by atoms with Crippen LogP contribution in [0.3, 0.4) is 0 Å². The number of carbonyl (C=O) groups is 1. The Morgan fingerprint density at radius 1 is 1.33 bits per heavy atom. The molecule has 0 aliphatic carbocycles. The molecule has 0 saturated carbocycles. The number of carbonyl (C=O) groups excluding carboxylic acids is 1. The van der Waals surface area contributed by atoms with E-state index in [9.17, 15) is 14.3 Å². The quantitative estimate of drug-likeness (QED) is 0.907. The zero-order valence-electron chi connectivity index (χ0n) is 13.1. The van der Waals surface area contributed by atoms with Gasteiger partial charge in [0.15, 0.2) is 0 Å². The smallest absolute Gasteiger partial charge is 0.321 e. The van der Waals surface area contributed by atoms with Gasteiger partial charge in [-0.3, -0.25) is 9.97 Å². The number of pyridine rings is 2. The molecule has 0 radical (unpaired) electrons. The van der Waals surface area contributed by atoms with E-state index in [2.05, 4.69) is 15.3 Å². The van der Waals surface area contributed by atoms with Crippen molar-refractivity contribution in [1.29, 1.82) is 0 Å². The first-order valence-corrected chi connectivity index (χ1v) is 7.89. The van der Waals surface area contributed by atoms with E-state index < -0.39 is 11.9 Å². The summed E-state index contributed by atoms with van der Waals surface area (Å²) in [5.41, 5.74) is 0.988. The third kappa shape index (κ3) is 3.86. The predicted molar refractivity (Wildman–Crippen MR) is 86.7 cm³/mol. The van der Waals surface area contributed by atoms with Crippen molar-refractivity contribution in [3.63, 3.8) is 0 Å². The van der Waals surface area contributed by atoms with Crippen molar-refractivity contribution < 1.29 is 14.3 Å². The van der Waals surface area contributed by atoms with E-state index in [0.717, 1.165) is 6.20 Å². The summed E-state index contributed by atoms with van der Waals surface area (Å²) in [6.07, 6.45) is 4.90. The SMILES string of the molecule is O=C(Nc1cncc(F)c1)N1CCC([C@H](O)c2ccccn2)CC1. The Labute approximate surface area is 139 Å². The molecule has 0 unspecified atom stereocenters. The molecule has 3 rings (SSSR count). The van der Waals surface area contributed by atoms with Gasteiger partial charge in [-0.25, -0.2) is 9.18 Å². The van der Waals surface area contributed by atoms with Gasteiger partial charge in [-0.05, 0) is 30.9 Å². The van der Waals surface area contributed by atoms with Crippen molar-refractivity contribution in [2.75, 3.05) is 18.4 Å². The Hall–Kier alpha value is -2.54. The van der Waals surface area contributed by atoms with Gasteiger partial charge in [-0.1, -0.05) is 6.07 Å². The van der Waals surface area contributed by atoms with Gasteiger partial charge in [-0.15, -0.1) is 0 Å². The monoisotopic (exact) mass is 330 g/mol. The number of anilines is 1. The van der Waals surface area contributed by atoms with E-state index in [1.54, 1.807) is 17.2 Å². The average Bonchev–Trinajstić information content (AvgIpc) is 2.62. The van der Waals surface area contributed by atoms with Crippen LogP contribution in [0.1, 0.15) is 24.6 Å². The van der Waals surface area contributed by atoms with Crippen molar-refractivity contribution in [3.05, 3.63) is 54.4 Å². The summed E-state index contributed by atoms with van der Waals surface area (Å²) in [6, 6.07) is 6.41. The van der Waals surface area contributed by atoms with Gasteiger partial charge < -0.3 is 15.3 Å². The summed E-state index contributed by atoms with van der Waals surface area (Å²) in [5, 5.41) is 13.0. The first-order valence-electron chi connectivity index (χ1n) is 7.89. The highest BCUT2D eigenvalue weighted by molar-refractivity contribution is 5.89. The topological polar surface area (TPSA) is 78.4 Å². The maximum absolute atomic E-state index is 13.1. The van der Waals surface area contributed by atoms with Gasteiger partial charge in [0.1, 0.15) is 5.82 Å². The van der Waals surface area contributed by atoms with Gasteiger partial charge in [0.2, 0.25) is 0 Å². The van der Waals surface area contributed by atoms with Gasteiger partial charge >= 0.3 is 6.03 Å². The normalized spacial score (nSPS) is 16.7. The lowest BCUT2D eigenvalue weighted by molar-refractivity contribution is 0.0652. The van der Waals surface area contributed by atoms with Crippen LogP contribution >= 0.6 is 0 Å². The Kier molecular flexibility index (Phi) is 5.00. The van der Waals surface area contributed by atoms with Crippen LogP contribution in [0.25, 0.3) is 0 Å². The zero-order chi connectivity index (χ0) is 16.9. The molecule has 1 atom stereocenters. The second kappa shape index (κ2) is 7.35. The summed E-state index contributed by atoms with van der Waals surface area (Å²) in [6.45, 7) is 1.06. The predicted octanol–water partition coefficient (Wildman–Crippen LogP) is 2.59. The number of aliphatic hydroxyl groups excluding tert-OH is 1. The van der Waals surface area contributed by atoms with Crippen LogP contribution in [0.15, 0.2) is 42.9 Å². The fraction of sp³-hybridized carbons (Fsp3) is 0.353. The second-order valence-corrected chi connectivity index (χ2v) is 5.85. The number of aliphatic hydroxyl groups is 1. The summed E-state index contributed by atoms with van der Waals surface area (Å²) < 4.78 is 13.1. The molecule has 3 heterocycles. The molecule has 1 aliphatic heterocycles. The Morgan fingerprint density at radius 2 is 2.12 bits per heavy atom. The largest absolute Gasteiger partial charge is 0.387 e. The molecular weight excluding hydrogens is 311 g/mol. The molecule has 1 saturated heterocycles. The minimum absolute atomic E-state index is 0.0692. The molecule has 0 spiro atoms. The van der Waals surface area contributed by atoms with E-state index in [0.29, 0.717) is 37.3 Å². The first kappa shape index (κ1) is 16.3. The van der Waals surface area contributed by atoms with Gasteiger partial charge in [0.25, 0.3) is 0 Å². The lowest BCUT2D eigenvalue weighted by Gasteiger charge is -2.34. The average molecular weight is 330 g/mol. The number of amides is 2. The number of urea groups is 1. The van der Waals surface area contributed by atoms with E-state index in [1.807, 2.05) is 12.1 Å². The van der Waals surface area contributed by atoms with Crippen LogP contribution < -0.4 is 5.32 Å². The lowest BCUT2D eigenvalue weighted by atomic mass is 9.89. The molecular formula is C17H19FN4O2. The molecule has 1 fully saturated rings. The molecule has 1 aliphatic rings. The third-order valence-corrected chi connectivity index (χ3v) is 4.22. The fourth-order valence-electron chi connectivity index (χ4n) is 2.89. The standard InChI is InChI=1S/C17H19FN4O2/c18-13-9-14(11-19-10-13)21-17(24)22-7-4-12(5-8-22)16(23)15-3-1-2-6-20-15/h1-3,6,9-12,16,23H,4-5,7-8H2,(H,21,24)/t16-/m0/s1. The fourth-order valence-corrected chi connectivity index (χ4v) is 2.89. The van der Waals surface area contributed by atoms with Crippen molar-refractivity contribution in [2.24, 2.45) is 5.92 Å². The number of likely N-dealkylation sites (tertiary alicyclic amines) is 1. The van der Waals surface area contributed by atoms with Crippen molar-refractivity contribution in [3.8, 4) is 0 Å². The zero-order valence-corrected chi connectivity index (χ0v) is 13.1. The first-order chi connectivity index (χ1) is 11.6. The van der Waals surface area contributed by atoms with Gasteiger partial charge in [-0.2, -0.15) is 0 Å². The van der Waals surface area contributed by atoms with E-state index in [1.165, 1.54) is 12.3 Å². The van der Waals surface area contributed by atoms with Crippen LogP contribution in [0.2, 0.25) is 0 Å². The number of hydrogen-bond donors (Lipinski definition) is 2. The number of hydrogen-bond acceptors (Lipinski definition) is 4. The highest BCUT2D eigenvalue weighted by Gasteiger charge is 2.28. The number of halogens is 1. The maximum atomic E-state index is 13.1. The summed E-state index contributed by atoms with van der Waals surface area (Å²) in [7, 11) is 0. The van der Waals surface area contributed by atoms with Crippen LogP contribution in [0, 0.1) is 11.7 Å². The molecule has 0 bridgehead atoms. The Morgan fingerprint density at radius 3 is 2.79 bits per heavy atom. The van der Waals surface area contributed by atoms with E-state index in [4.69, 9.17) is 0 Å². The third-order valence-electron chi connectivity index (χ3n) is 4.22. The van der Waals surface area contributed by atoms with Crippen LogP contribution in [-0.2, 0) is 0 Å². The number of piperidine rings is 1. The number of rotatable bonds is 3. The molecule has 0 aromatic carbocycles. The molecule has 24 heavy (non-hydrogen) atoms. The molecule has 6 nitrogen and oxygen atoms in total. The second-order valence-electron chi connectivity index (χ2n) is 5.85. The van der Waals surface area contributed by atoms with Crippen molar-refractivity contribution >= 4 is 11.7 Å². The summed E-state index contributed by atoms with van der Waals surface area (Å²) >= 11 is 0. The summed E-state index contributed by atoms with van der Waals surface area (Å²) in [4.78, 5) is 21.8. The minimum Gasteiger partial charge on any atom is -0.387 e. The highest BCUT2D eigenvalue weighted by atomic mass is 19.1. The van der Waals surface area contributed by atoms with E-state index >= 15 is 0 Å². The minimum atomic E-state index is -0.621. The molecule has 2 aromatic heterocycles. The van der Waals surface area contributed by atoms with Crippen molar-refractivity contribution in [1.82, 2.24) is 14.9 Å². The molecule has 2 aromatic rings. The van der Waals surface area contributed by atoms with Crippen LogP contribution in [0.5, 0.6) is 0 Å². The molecule has 2 N–H and O–H groups in total. The molecule has 2 amide bonds. The number of nitrogens with one attached hydrogen (secondary N) is 1. The van der Waals surface area contributed by atoms with E-state index in [-0.39, 0.29) is 11.9 Å². The Balaban J connectivity index is 1.54. The summed E-state index contributed by atoms with van der Waals surface area (Å²) in [5.74, 6) is -0.426. The Bertz CT molecular complexity index is 690. The lowest BCUT2D eigenvalue weighted by Crippen LogP contribution is -2.42. The van der Waals surface area contributed by atoms with Gasteiger partial charge in [0, 0.05) is 25.4 Å². The number of aromatic nitrogens is 2.